The van der Waals surface area contributed by atoms with Crippen molar-refractivity contribution in [3.8, 4) is 5.75 Å². The van der Waals surface area contributed by atoms with Gasteiger partial charge in [0.1, 0.15) is 5.75 Å². The summed E-state index contributed by atoms with van der Waals surface area (Å²) in [5.41, 5.74) is 6.18. The van der Waals surface area contributed by atoms with Crippen molar-refractivity contribution < 1.29 is 13.2 Å². The number of nitrogens with zero attached hydrogens (tertiary/aromatic N) is 1. The Labute approximate surface area is 114 Å². The maximum Gasteiger partial charge on any atom is 0.239 e. The SMILES string of the molecule is CC(C)Oc1ccc(N2CCC(CN)S2(=O)=O)cc1. The Morgan fingerprint density at radius 1 is 1.37 bits per heavy atom. The van der Waals surface area contributed by atoms with Gasteiger partial charge < -0.3 is 10.5 Å². The maximum atomic E-state index is 12.2. The number of sulfonamides is 1. The minimum absolute atomic E-state index is 0.1000. The van der Waals surface area contributed by atoms with Gasteiger partial charge >= 0.3 is 0 Å². The molecule has 1 unspecified atom stereocenters. The van der Waals surface area contributed by atoms with Crippen molar-refractivity contribution in [2.45, 2.75) is 31.6 Å². The monoisotopic (exact) mass is 284 g/mol. The first-order valence-corrected chi connectivity index (χ1v) is 7.94. The molecule has 2 N–H and O–H groups in total. The van der Waals surface area contributed by atoms with Crippen molar-refractivity contribution in [3.63, 3.8) is 0 Å². The fraction of sp³-hybridized carbons (Fsp3) is 0.538. The van der Waals surface area contributed by atoms with Gasteiger partial charge in [-0.3, -0.25) is 4.31 Å². The lowest BCUT2D eigenvalue weighted by Gasteiger charge is -2.19. The molecule has 1 fully saturated rings. The summed E-state index contributed by atoms with van der Waals surface area (Å²) in [6.45, 7) is 4.57. The van der Waals surface area contributed by atoms with Gasteiger partial charge in [-0.15, -0.1) is 0 Å². The third-order valence-electron chi connectivity index (χ3n) is 3.14. The number of ether oxygens (including phenoxy) is 1. The van der Waals surface area contributed by atoms with Crippen LogP contribution in [0.15, 0.2) is 24.3 Å². The lowest BCUT2D eigenvalue weighted by atomic mass is 10.2. The summed E-state index contributed by atoms with van der Waals surface area (Å²) < 4.78 is 31.4. The van der Waals surface area contributed by atoms with Gasteiger partial charge in [0.15, 0.2) is 0 Å². The van der Waals surface area contributed by atoms with Crippen molar-refractivity contribution in [2.24, 2.45) is 5.73 Å². The van der Waals surface area contributed by atoms with E-state index in [1.54, 1.807) is 24.3 Å². The minimum atomic E-state index is -3.30. The summed E-state index contributed by atoms with van der Waals surface area (Å²) >= 11 is 0. The highest BCUT2D eigenvalue weighted by molar-refractivity contribution is 7.93. The summed E-state index contributed by atoms with van der Waals surface area (Å²) in [4.78, 5) is 0. The van der Waals surface area contributed by atoms with Crippen LogP contribution in [0.1, 0.15) is 20.3 Å². The average molecular weight is 284 g/mol. The zero-order chi connectivity index (χ0) is 14.0. The molecule has 1 aliphatic heterocycles. The van der Waals surface area contributed by atoms with Crippen LogP contribution in [0.4, 0.5) is 5.69 Å². The Hall–Kier alpha value is -1.27. The summed E-state index contributed by atoms with van der Waals surface area (Å²) in [7, 11) is -3.30. The number of anilines is 1. The van der Waals surface area contributed by atoms with Gasteiger partial charge in [-0.1, -0.05) is 0 Å². The zero-order valence-electron chi connectivity index (χ0n) is 11.2. The first kappa shape index (κ1) is 14.1. The summed E-state index contributed by atoms with van der Waals surface area (Å²) in [5.74, 6) is 0.741. The molecule has 19 heavy (non-hydrogen) atoms. The van der Waals surface area contributed by atoms with E-state index < -0.39 is 15.3 Å². The van der Waals surface area contributed by atoms with Gasteiger partial charge in [-0.05, 0) is 44.5 Å². The van der Waals surface area contributed by atoms with Crippen molar-refractivity contribution in [1.82, 2.24) is 0 Å². The van der Waals surface area contributed by atoms with Gasteiger partial charge in [0.05, 0.1) is 17.0 Å². The van der Waals surface area contributed by atoms with Gasteiger partial charge in [-0.2, -0.15) is 0 Å². The molecule has 0 radical (unpaired) electrons. The molecule has 1 saturated heterocycles. The van der Waals surface area contributed by atoms with Gasteiger partial charge in [-0.25, -0.2) is 8.42 Å². The van der Waals surface area contributed by atoms with Crippen LogP contribution in [0.3, 0.4) is 0 Å². The molecule has 6 heteroatoms. The van der Waals surface area contributed by atoms with E-state index in [4.69, 9.17) is 10.5 Å². The number of benzene rings is 1. The van der Waals surface area contributed by atoms with Gasteiger partial charge in [0, 0.05) is 13.1 Å². The summed E-state index contributed by atoms with van der Waals surface area (Å²) in [5, 5.41) is -0.459. The van der Waals surface area contributed by atoms with Gasteiger partial charge in [0.25, 0.3) is 0 Å². The molecular weight excluding hydrogens is 264 g/mol. The van der Waals surface area contributed by atoms with Crippen LogP contribution < -0.4 is 14.8 Å². The fourth-order valence-electron chi connectivity index (χ4n) is 2.20. The van der Waals surface area contributed by atoms with E-state index in [0.717, 1.165) is 5.75 Å². The first-order valence-electron chi connectivity index (χ1n) is 6.43. The molecule has 1 heterocycles. The maximum absolute atomic E-state index is 12.2. The molecule has 1 atom stereocenters. The van der Waals surface area contributed by atoms with Crippen LogP contribution in [0.5, 0.6) is 5.75 Å². The third kappa shape index (κ3) is 2.84. The van der Waals surface area contributed by atoms with E-state index in [1.807, 2.05) is 13.8 Å². The predicted molar refractivity (Wildman–Crippen MR) is 75.9 cm³/mol. The minimum Gasteiger partial charge on any atom is -0.491 e. The Bertz CT molecular complexity index is 525. The molecule has 1 aliphatic rings. The van der Waals surface area contributed by atoms with Crippen LogP contribution in [-0.4, -0.2) is 32.9 Å². The second-order valence-electron chi connectivity index (χ2n) is 4.92. The number of rotatable bonds is 4. The Morgan fingerprint density at radius 3 is 2.47 bits per heavy atom. The molecule has 5 nitrogen and oxygen atoms in total. The van der Waals surface area contributed by atoms with Crippen LogP contribution in [-0.2, 0) is 10.0 Å². The lowest BCUT2D eigenvalue weighted by Crippen LogP contribution is -2.33. The molecule has 0 aromatic heterocycles. The van der Waals surface area contributed by atoms with Crippen LogP contribution in [0.2, 0.25) is 0 Å². The highest BCUT2D eigenvalue weighted by Crippen LogP contribution is 2.29. The van der Waals surface area contributed by atoms with E-state index in [-0.39, 0.29) is 12.6 Å². The van der Waals surface area contributed by atoms with E-state index in [0.29, 0.717) is 18.7 Å². The Balaban J connectivity index is 2.19. The summed E-state index contributed by atoms with van der Waals surface area (Å²) in [6, 6.07) is 7.13. The van der Waals surface area contributed by atoms with E-state index in [2.05, 4.69) is 0 Å². The van der Waals surface area contributed by atoms with Gasteiger partial charge in [0.2, 0.25) is 10.0 Å². The molecule has 0 bridgehead atoms. The highest BCUT2D eigenvalue weighted by Gasteiger charge is 2.37. The Kier molecular flexibility index (Phi) is 4.01. The number of hydrogen-bond donors (Lipinski definition) is 1. The first-order chi connectivity index (χ1) is 8.95. The number of hydrogen-bond acceptors (Lipinski definition) is 4. The predicted octanol–water partition coefficient (Wildman–Crippen LogP) is 1.34. The zero-order valence-corrected chi connectivity index (χ0v) is 12.1. The Morgan fingerprint density at radius 2 is 2.00 bits per heavy atom. The molecule has 2 rings (SSSR count). The van der Waals surface area contributed by atoms with Crippen molar-refractivity contribution in [2.75, 3.05) is 17.4 Å². The fourth-order valence-corrected chi connectivity index (χ4v) is 3.98. The largest absolute Gasteiger partial charge is 0.491 e. The molecule has 0 saturated carbocycles. The van der Waals surface area contributed by atoms with E-state index >= 15 is 0 Å². The van der Waals surface area contributed by atoms with Crippen molar-refractivity contribution in [3.05, 3.63) is 24.3 Å². The standard InChI is InChI=1S/C13H20N2O3S/c1-10(2)18-12-5-3-11(4-6-12)15-8-7-13(9-14)19(15,16)17/h3-6,10,13H,7-9,14H2,1-2H3. The molecule has 0 spiro atoms. The van der Waals surface area contributed by atoms with Crippen LogP contribution >= 0.6 is 0 Å². The van der Waals surface area contributed by atoms with Crippen LogP contribution in [0.25, 0.3) is 0 Å². The van der Waals surface area contributed by atoms with Crippen LogP contribution in [0, 0.1) is 0 Å². The molecule has 1 aromatic rings. The molecule has 0 amide bonds. The third-order valence-corrected chi connectivity index (χ3v) is 5.42. The van der Waals surface area contributed by atoms with E-state index in [9.17, 15) is 8.42 Å². The average Bonchev–Trinajstić information content (AvgIpc) is 2.64. The van der Waals surface area contributed by atoms with E-state index in [1.165, 1.54) is 4.31 Å². The summed E-state index contributed by atoms with van der Waals surface area (Å²) in [6.07, 6.45) is 0.686. The molecule has 1 aromatic carbocycles. The second kappa shape index (κ2) is 5.38. The lowest BCUT2D eigenvalue weighted by molar-refractivity contribution is 0.242. The highest BCUT2D eigenvalue weighted by atomic mass is 32.2. The topological polar surface area (TPSA) is 72.6 Å². The van der Waals surface area contributed by atoms with Crippen molar-refractivity contribution in [1.29, 1.82) is 0 Å². The number of nitrogens with two attached hydrogens (primary N) is 1. The molecular formula is C13H20N2O3S. The van der Waals surface area contributed by atoms with Crippen molar-refractivity contribution >= 4 is 15.7 Å². The smallest absolute Gasteiger partial charge is 0.239 e. The quantitative estimate of drug-likeness (QED) is 0.905. The second-order valence-corrected chi connectivity index (χ2v) is 7.06. The molecule has 0 aliphatic carbocycles. The normalized spacial score (nSPS) is 21.9. The molecule has 106 valence electrons.